The molecule has 0 aromatic heterocycles. The van der Waals surface area contributed by atoms with E-state index in [1.54, 1.807) is 0 Å². The maximum atomic E-state index is 5.52. The predicted molar refractivity (Wildman–Crippen MR) is 68.0 cm³/mol. The summed E-state index contributed by atoms with van der Waals surface area (Å²) in [5, 5.41) is 0. The highest BCUT2D eigenvalue weighted by Crippen LogP contribution is 2.15. The quantitative estimate of drug-likeness (QED) is 0.320. The highest BCUT2D eigenvalue weighted by molar-refractivity contribution is 7.99. The lowest BCUT2D eigenvalue weighted by Gasteiger charge is -2.35. The van der Waals surface area contributed by atoms with E-state index in [1.165, 1.54) is 0 Å². The average molecular weight is 230 g/mol. The Morgan fingerprint density at radius 2 is 2.40 bits per heavy atom. The molecule has 1 atom stereocenters. The van der Waals surface area contributed by atoms with E-state index in [4.69, 9.17) is 5.84 Å². The summed E-state index contributed by atoms with van der Waals surface area (Å²) in [5.41, 5.74) is 2.72. The molecule has 88 valence electrons. The van der Waals surface area contributed by atoms with E-state index in [2.05, 4.69) is 36.1 Å². The highest BCUT2D eigenvalue weighted by atomic mass is 32.2. The van der Waals surface area contributed by atoms with Crippen molar-refractivity contribution in [3.63, 3.8) is 0 Å². The Balaban J connectivity index is 2.59. The van der Waals surface area contributed by atoms with Gasteiger partial charge in [-0.15, -0.1) is 0 Å². The Morgan fingerprint density at radius 3 is 2.93 bits per heavy atom. The summed E-state index contributed by atoms with van der Waals surface area (Å²) in [5.74, 6) is 9.25. The molecule has 1 rings (SSSR count). The van der Waals surface area contributed by atoms with Crippen molar-refractivity contribution in [3.8, 4) is 0 Å². The third-order valence-corrected chi connectivity index (χ3v) is 3.56. The summed E-state index contributed by atoms with van der Waals surface area (Å²) in [4.78, 5) is 6.78. The minimum absolute atomic E-state index is 0.519. The number of nitrogens with two attached hydrogens (primary N) is 1. The number of hydrogen-bond acceptors (Lipinski definition) is 3. The minimum Gasteiger partial charge on any atom is -0.338 e. The first-order valence-electron chi connectivity index (χ1n) is 5.50. The number of aliphatic imine (C=N–C) groups is 1. The third-order valence-electron chi connectivity index (χ3n) is 2.37. The largest absolute Gasteiger partial charge is 0.338 e. The second-order valence-corrected chi connectivity index (χ2v) is 5.47. The normalized spacial score (nSPS) is 23.4. The lowest BCUT2D eigenvalue weighted by atomic mass is 10.2. The molecule has 1 heterocycles. The van der Waals surface area contributed by atoms with Gasteiger partial charge in [-0.25, -0.2) is 5.84 Å². The molecule has 15 heavy (non-hydrogen) atoms. The monoisotopic (exact) mass is 230 g/mol. The van der Waals surface area contributed by atoms with Gasteiger partial charge in [0.15, 0.2) is 0 Å². The van der Waals surface area contributed by atoms with Gasteiger partial charge in [0.05, 0.1) is 0 Å². The van der Waals surface area contributed by atoms with E-state index in [-0.39, 0.29) is 0 Å². The number of nitrogens with one attached hydrogen (secondary N) is 1. The summed E-state index contributed by atoms with van der Waals surface area (Å²) in [6, 6.07) is 0.519. The van der Waals surface area contributed by atoms with Crippen LogP contribution in [0.3, 0.4) is 0 Å². The van der Waals surface area contributed by atoms with E-state index < -0.39 is 0 Å². The SMILES string of the molecule is CC(C)CN=C(NN)N1CCSCC1C. The van der Waals surface area contributed by atoms with Crippen molar-refractivity contribution in [3.05, 3.63) is 0 Å². The molecule has 1 fully saturated rings. The molecule has 0 spiro atoms. The highest BCUT2D eigenvalue weighted by Gasteiger charge is 2.21. The zero-order valence-corrected chi connectivity index (χ0v) is 10.7. The van der Waals surface area contributed by atoms with E-state index in [1.807, 2.05) is 11.8 Å². The van der Waals surface area contributed by atoms with Gasteiger partial charge in [0.1, 0.15) is 0 Å². The van der Waals surface area contributed by atoms with E-state index in [0.29, 0.717) is 12.0 Å². The van der Waals surface area contributed by atoms with Crippen LogP contribution in [-0.4, -0.2) is 41.5 Å². The van der Waals surface area contributed by atoms with Gasteiger partial charge in [-0.3, -0.25) is 10.4 Å². The molecule has 0 saturated carbocycles. The summed E-state index contributed by atoms with van der Waals surface area (Å²) < 4.78 is 0. The van der Waals surface area contributed by atoms with Crippen molar-refractivity contribution >= 4 is 17.7 Å². The fraction of sp³-hybridized carbons (Fsp3) is 0.900. The molecule has 1 unspecified atom stereocenters. The zero-order chi connectivity index (χ0) is 11.3. The molecule has 0 bridgehead atoms. The van der Waals surface area contributed by atoms with Crippen molar-refractivity contribution < 1.29 is 0 Å². The van der Waals surface area contributed by atoms with Crippen LogP contribution in [0.2, 0.25) is 0 Å². The number of hydrogen-bond donors (Lipinski definition) is 2. The van der Waals surface area contributed by atoms with E-state index in [9.17, 15) is 0 Å². The minimum atomic E-state index is 0.519. The van der Waals surface area contributed by atoms with Gasteiger partial charge in [-0.05, 0) is 12.8 Å². The summed E-state index contributed by atoms with van der Waals surface area (Å²) in [7, 11) is 0. The van der Waals surface area contributed by atoms with Crippen LogP contribution >= 0.6 is 11.8 Å². The molecule has 4 nitrogen and oxygen atoms in total. The lowest BCUT2D eigenvalue weighted by Crippen LogP contribution is -2.52. The van der Waals surface area contributed by atoms with Crippen LogP contribution in [0.1, 0.15) is 20.8 Å². The van der Waals surface area contributed by atoms with Gasteiger partial charge in [0.25, 0.3) is 0 Å². The summed E-state index contributed by atoms with van der Waals surface area (Å²) >= 11 is 1.99. The number of nitrogens with zero attached hydrogens (tertiary/aromatic N) is 2. The van der Waals surface area contributed by atoms with Crippen molar-refractivity contribution in [2.45, 2.75) is 26.8 Å². The number of thioether (sulfide) groups is 1. The van der Waals surface area contributed by atoms with Crippen molar-refractivity contribution in [1.82, 2.24) is 10.3 Å². The average Bonchev–Trinajstić information content (AvgIpc) is 2.21. The number of hydrazine groups is 1. The second kappa shape index (κ2) is 6.23. The van der Waals surface area contributed by atoms with Gasteiger partial charge < -0.3 is 4.90 Å². The first-order valence-corrected chi connectivity index (χ1v) is 6.66. The Hall–Kier alpha value is -0.420. The van der Waals surface area contributed by atoms with Crippen molar-refractivity contribution in [1.29, 1.82) is 0 Å². The molecule has 0 amide bonds. The van der Waals surface area contributed by atoms with Crippen molar-refractivity contribution in [2.24, 2.45) is 16.8 Å². The fourth-order valence-electron chi connectivity index (χ4n) is 1.53. The molecule has 1 aliphatic rings. The topological polar surface area (TPSA) is 53.6 Å². The maximum Gasteiger partial charge on any atom is 0.208 e. The first-order chi connectivity index (χ1) is 7.15. The molecule has 3 N–H and O–H groups in total. The summed E-state index contributed by atoms with van der Waals surface area (Å²) in [6.07, 6.45) is 0. The molecule has 0 radical (unpaired) electrons. The fourth-order valence-corrected chi connectivity index (χ4v) is 2.54. The van der Waals surface area contributed by atoms with Crippen LogP contribution in [0.25, 0.3) is 0 Å². The van der Waals surface area contributed by atoms with Gasteiger partial charge in [-0.1, -0.05) is 13.8 Å². The molecule has 5 heteroatoms. The Kier molecular flexibility index (Phi) is 5.25. The number of guanidine groups is 1. The van der Waals surface area contributed by atoms with Crippen LogP contribution in [0.4, 0.5) is 0 Å². The smallest absolute Gasteiger partial charge is 0.208 e. The Morgan fingerprint density at radius 1 is 1.67 bits per heavy atom. The third kappa shape index (κ3) is 3.91. The standard InChI is InChI=1S/C10H22N4S/c1-8(2)6-12-10(13-11)14-4-5-15-7-9(14)3/h8-9H,4-7,11H2,1-3H3,(H,12,13). The van der Waals surface area contributed by atoms with Crippen LogP contribution in [0, 0.1) is 5.92 Å². The molecular weight excluding hydrogens is 208 g/mol. The maximum absolute atomic E-state index is 5.52. The van der Waals surface area contributed by atoms with Crippen LogP contribution in [0.15, 0.2) is 4.99 Å². The van der Waals surface area contributed by atoms with Crippen molar-refractivity contribution in [2.75, 3.05) is 24.6 Å². The molecule has 1 aliphatic heterocycles. The first kappa shape index (κ1) is 12.6. The lowest BCUT2D eigenvalue weighted by molar-refractivity contribution is 0.350. The molecule has 0 aromatic rings. The molecule has 0 aliphatic carbocycles. The van der Waals surface area contributed by atoms with Crippen LogP contribution < -0.4 is 11.3 Å². The zero-order valence-electron chi connectivity index (χ0n) is 9.86. The predicted octanol–water partition coefficient (Wildman–Crippen LogP) is 0.899. The molecule has 0 aromatic carbocycles. The molecule has 1 saturated heterocycles. The van der Waals surface area contributed by atoms with Gasteiger partial charge in [0, 0.05) is 30.6 Å². The van der Waals surface area contributed by atoms with E-state index >= 15 is 0 Å². The van der Waals surface area contributed by atoms with Gasteiger partial charge in [0.2, 0.25) is 5.96 Å². The Bertz CT molecular complexity index is 217. The molecular formula is C10H22N4S. The second-order valence-electron chi connectivity index (χ2n) is 4.32. The Labute approximate surface area is 96.7 Å². The number of rotatable bonds is 2. The van der Waals surface area contributed by atoms with Crippen LogP contribution in [-0.2, 0) is 0 Å². The summed E-state index contributed by atoms with van der Waals surface area (Å²) in [6.45, 7) is 8.40. The van der Waals surface area contributed by atoms with Gasteiger partial charge >= 0.3 is 0 Å². The van der Waals surface area contributed by atoms with Gasteiger partial charge in [-0.2, -0.15) is 11.8 Å². The van der Waals surface area contributed by atoms with Crippen LogP contribution in [0.5, 0.6) is 0 Å². The van der Waals surface area contributed by atoms with E-state index in [0.717, 1.165) is 30.6 Å².